The first-order valence-electron chi connectivity index (χ1n) is 9.79. The van der Waals surface area contributed by atoms with Crippen LogP contribution in [0, 0.1) is 6.92 Å². The van der Waals surface area contributed by atoms with Gasteiger partial charge >= 0.3 is 0 Å². The van der Waals surface area contributed by atoms with Gasteiger partial charge in [0.25, 0.3) is 0 Å². The molecule has 2 aromatic carbocycles. The molecule has 0 bridgehead atoms. The highest BCUT2D eigenvalue weighted by atomic mass is 16.1. The van der Waals surface area contributed by atoms with E-state index >= 15 is 0 Å². The summed E-state index contributed by atoms with van der Waals surface area (Å²) >= 11 is 0. The molecular formula is C24H24N4O. The Labute approximate surface area is 170 Å². The van der Waals surface area contributed by atoms with Crippen molar-refractivity contribution < 1.29 is 4.79 Å². The average Bonchev–Trinajstić information content (AvgIpc) is 3.34. The van der Waals surface area contributed by atoms with Crippen molar-refractivity contribution in [2.75, 3.05) is 5.32 Å². The normalized spacial score (nSPS) is 10.8. The maximum Gasteiger partial charge on any atom is 0.225 e. The van der Waals surface area contributed by atoms with E-state index in [1.165, 1.54) is 0 Å². The van der Waals surface area contributed by atoms with Crippen molar-refractivity contribution in [3.05, 3.63) is 95.8 Å². The number of amides is 1. The summed E-state index contributed by atoms with van der Waals surface area (Å²) in [5.74, 6) is 0.711. The SMILES string of the molecule is Cc1cc(NC(=O)CCc2ccc(-c3ccccc3)[nH]2)n(Cc2ccccc2)n1. The van der Waals surface area contributed by atoms with Crippen LogP contribution in [0.4, 0.5) is 5.82 Å². The molecule has 0 saturated carbocycles. The minimum absolute atomic E-state index is 0.0185. The molecule has 2 N–H and O–H groups in total. The number of aromatic nitrogens is 3. The number of rotatable bonds is 7. The Morgan fingerprint density at radius 3 is 2.48 bits per heavy atom. The number of hydrogen-bond donors (Lipinski definition) is 2. The van der Waals surface area contributed by atoms with Gasteiger partial charge < -0.3 is 10.3 Å². The number of benzene rings is 2. The zero-order chi connectivity index (χ0) is 20.1. The lowest BCUT2D eigenvalue weighted by molar-refractivity contribution is -0.116. The molecule has 1 amide bonds. The van der Waals surface area contributed by atoms with Crippen LogP contribution in [0.3, 0.4) is 0 Å². The third-order valence-electron chi connectivity index (χ3n) is 4.80. The molecule has 0 radical (unpaired) electrons. The number of nitrogens with one attached hydrogen (secondary N) is 2. The summed E-state index contributed by atoms with van der Waals surface area (Å²) in [4.78, 5) is 15.9. The topological polar surface area (TPSA) is 62.7 Å². The van der Waals surface area contributed by atoms with Gasteiger partial charge in [-0.3, -0.25) is 4.79 Å². The molecule has 4 aromatic rings. The lowest BCUT2D eigenvalue weighted by Crippen LogP contribution is -2.16. The predicted octanol–water partition coefficient (Wildman–Crippen LogP) is 4.81. The maximum atomic E-state index is 12.5. The summed E-state index contributed by atoms with van der Waals surface area (Å²) in [6, 6.07) is 26.3. The Bertz CT molecular complexity index is 1080. The van der Waals surface area contributed by atoms with Crippen LogP contribution in [0.2, 0.25) is 0 Å². The van der Waals surface area contributed by atoms with Gasteiger partial charge in [-0.2, -0.15) is 5.10 Å². The number of nitrogens with zero attached hydrogens (tertiary/aromatic N) is 2. The molecule has 0 aliphatic heterocycles. The molecule has 146 valence electrons. The van der Waals surface area contributed by atoms with Gasteiger partial charge in [0.2, 0.25) is 5.91 Å². The second-order valence-corrected chi connectivity index (χ2v) is 7.13. The fourth-order valence-electron chi connectivity index (χ4n) is 3.35. The molecule has 0 fully saturated rings. The monoisotopic (exact) mass is 384 g/mol. The number of carbonyl (C=O) groups is 1. The van der Waals surface area contributed by atoms with Crippen LogP contribution in [0.5, 0.6) is 0 Å². The van der Waals surface area contributed by atoms with Gasteiger partial charge in [0, 0.05) is 23.9 Å². The summed E-state index contributed by atoms with van der Waals surface area (Å²) in [6.07, 6.45) is 1.06. The maximum absolute atomic E-state index is 12.5. The first-order chi connectivity index (χ1) is 14.2. The summed E-state index contributed by atoms with van der Waals surface area (Å²) in [5.41, 5.74) is 5.29. The minimum Gasteiger partial charge on any atom is -0.358 e. The van der Waals surface area contributed by atoms with Crippen LogP contribution in [-0.4, -0.2) is 20.7 Å². The molecule has 0 aliphatic carbocycles. The zero-order valence-corrected chi connectivity index (χ0v) is 16.4. The molecular weight excluding hydrogens is 360 g/mol. The van der Waals surface area contributed by atoms with E-state index in [9.17, 15) is 4.79 Å². The van der Waals surface area contributed by atoms with Crippen LogP contribution in [0.15, 0.2) is 78.9 Å². The molecule has 29 heavy (non-hydrogen) atoms. The fourth-order valence-corrected chi connectivity index (χ4v) is 3.35. The van der Waals surface area contributed by atoms with E-state index in [2.05, 4.69) is 45.7 Å². The highest BCUT2D eigenvalue weighted by Crippen LogP contribution is 2.19. The molecule has 5 heteroatoms. The van der Waals surface area contributed by atoms with Crippen molar-refractivity contribution >= 4 is 11.7 Å². The number of aromatic amines is 1. The molecule has 2 heterocycles. The summed E-state index contributed by atoms with van der Waals surface area (Å²) in [5, 5.41) is 7.52. The zero-order valence-electron chi connectivity index (χ0n) is 16.4. The van der Waals surface area contributed by atoms with Crippen molar-refractivity contribution in [2.24, 2.45) is 0 Å². The Balaban J connectivity index is 1.36. The van der Waals surface area contributed by atoms with Gasteiger partial charge in [-0.1, -0.05) is 60.7 Å². The van der Waals surface area contributed by atoms with E-state index in [4.69, 9.17) is 0 Å². The number of aryl methyl sites for hydroxylation is 2. The van der Waals surface area contributed by atoms with Crippen LogP contribution >= 0.6 is 0 Å². The summed E-state index contributed by atoms with van der Waals surface area (Å²) < 4.78 is 1.84. The van der Waals surface area contributed by atoms with Crippen LogP contribution in [-0.2, 0) is 17.8 Å². The van der Waals surface area contributed by atoms with E-state index < -0.39 is 0 Å². The molecule has 0 atom stereocenters. The lowest BCUT2D eigenvalue weighted by Gasteiger charge is -2.09. The van der Waals surface area contributed by atoms with Crippen molar-refractivity contribution in [1.29, 1.82) is 0 Å². The Morgan fingerprint density at radius 1 is 1.00 bits per heavy atom. The number of anilines is 1. The van der Waals surface area contributed by atoms with E-state index in [1.54, 1.807) is 0 Å². The number of hydrogen-bond acceptors (Lipinski definition) is 2. The van der Waals surface area contributed by atoms with Crippen molar-refractivity contribution in [2.45, 2.75) is 26.3 Å². The van der Waals surface area contributed by atoms with Gasteiger partial charge in [0.05, 0.1) is 12.2 Å². The van der Waals surface area contributed by atoms with Gasteiger partial charge in [-0.15, -0.1) is 0 Å². The second kappa shape index (κ2) is 8.61. The molecule has 0 aliphatic rings. The van der Waals surface area contributed by atoms with Crippen LogP contribution in [0.1, 0.15) is 23.4 Å². The highest BCUT2D eigenvalue weighted by molar-refractivity contribution is 5.90. The van der Waals surface area contributed by atoms with Gasteiger partial charge in [0.1, 0.15) is 5.82 Å². The van der Waals surface area contributed by atoms with Crippen LogP contribution in [0.25, 0.3) is 11.3 Å². The summed E-state index contributed by atoms with van der Waals surface area (Å²) in [7, 11) is 0. The van der Waals surface area contributed by atoms with E-state index in [1.807, 2.05) is 60.1 Å². The highest BCUT2D eigenvalue weighted by Gasteiger charge is 2.11. The second-order valence-electron chi connectivity index (χ2n) is 7.13. The Kier molecular flexibility index (Phi) is 5.56. The third-order valence-corrected chi connectivity index (χ3v) is 4.80. The van der Waals surface area contributed by atoms with Crippen molar-refractivity contribution in [3.63, 3.8) is 0 Å². The predicted molar refractivity (Wildman–Crippen MR) is 116 cm³/mol. The smallest absolute Gasteiger partial charge is 0.225 e. The summed E-state index contributed by atoms with van der Waals surface area (Å²) in [6.45, 7) is 2.56. The molecule has 0 spiro atoms. The van der Waals surface area contributed by atoms with Crippen molar-refractivity contribution in [3.8, 4) is 11.3 Å². The standard InChI is InChI=1S/C24H24N4O/c1-18-16-23(28(27-18)17-19-8-4-2-5-9-19)26-24(29)15-13-21-12-14-22(25-21)20-10-6-3-7-11-20/h2-12,14,16,25H,13,15,17H2,1H3,(H,26,29). The fraction of sp³-hybridized carbons (Fsp3) is 0.167. The van der Waals surface area contributed by atoms with E-state index in [0.29, 0.717) is 19.4 Å². The number of carbonyl (C=O) groups excluding carboxylic acids is 1. The van der Waals surface area contributed by atoms with E-state index in [-0.39, 0.29) is 5.91 Å². The first kappa shape index (κ1) is 18.7. The third kappa shape index (κ3) is 4.82. The minimum atomic E-state index is -0.0185. The Hall–Kier alpha value is -3.60. The van der Waals surface area contributed by atoms with Crippen LogP contribution < -0.4 is 5.32 Å². The molecule has 0 unspecified atom stereocenters. The molecule has 5 nitrogen and oxygen atoms in total. The average molecular weight is 384 g/mol. The lowest BCUT2D eigenvalue weighted by atomic mass is 10.2. The molecule has 2 aromatic heterocycles. The Morgan fingerprint density at radius 2 is 1.72 bits per heavy atom. The van der Waals surface area contributed by atoms with Gasteiger partial charge in [0.15, 0.2) is 0 Å². The number of H-pyrrole nitrogens is 1. The largest absolute Gasteiger partial charge is 0.358 e. The molecule has 0 saturated heterocycles. The quantitative estimate of drug-likeness (QED) is 0.480. The first-order valence-corrected chi connectivity index (χ1v) is 9.79. The van der Waals surface area contributed by atoms with E-state index in [0.717, 1.165) is 34.0 Å². The molecule has 4 rings (SSSR count). The van der Waals surface area contributed by atoms with Gasteiger partial charge in [-0.25, -0.2) is 4.68 Å². The van der Waals surface area contributed by atoms with Crippen molar-refractivity contribution in [1.82, 2.24) is 14.8 Å². The van der Waals surface area contributed by atoms with Gasteiger partial charge in [-0.05, 0) is 36.6 Å².